The van der Waals surface area contributed by atoms with Crippen LogP contribution in [0.15, 0.2) is 18.3 Å². The molecule has 1 aliphatic heterocycles. The Morgan fingerprint density at radius 3 is 2.74 bits per heavy atom. The number of imidazole rings is 1. The van der Waals surface area contributed by atoms with Gasteiger partial charge in [0.2, 0.25) is 17.7 Å². The number of alkyl halides is 2. The second-order valence-electron chi connectivity index (χ2n) is 10.4. The molecule has 2 fully saturated rings. The summed E-state index contributed by atoms with van der Waals surface area (Å²) < 4.78 is 48.3. The maximum Gasteiger partial charge on any atom is 0.256 e. The number of likely N-dealkylation sites (tertiary alicyclic amines) is 1. The summed E-state index contributed by atoms with van der Waals surface area (Å²) in [6.45, 7) is 3.92. The van der Waals surface area contributed by atoms with Gasteiger partial charge in [0, 0.05) is 36.3 Å². The molecule has 4 heterocycles. The molecule has 6 rings (SSSR count). The maximum absolute atomic E-state index is 15.0. The lowest BCUT2D eigenvalue weighted by Crippen LogP contribution is -2.59. The largest absolute Gasteiger partial charge is 0.480 e. The van der Waals surface area contributed by atoms with Gasteiger partial charge < -0.3 is 24.5 Å². The highest BCUT2D eigenvalue weighted by molar-refractivity contribution is 5.99. The third-order valence-electron chi connectivity index (χ3n) is 7.75. The number of halogens is 3. The van der Waals surface area contributed by atoms with E-state index in [4.69, 9.17) is 4.74 Å². The van der Waals surface area contributed by atoms with Crippen molar-refractivity contribution in [2.45, 2.75) is 64.1 Å². The molecule has 9 nitrogen and oxygen atoms in total. The molecule has 200 valence electrons. The van der Waals surface area contributed by atoms with Gasteiger partial charge in [-0.15, -0.1) is 0 Å². The number of hydrogen-bond acceptors (Lipinski definition) is 6. The maximum atomic E-state index is 15.0. The number of rotatable bonds is 7. The minimum Gasteiger partial charge on any atom is -0.480 e. The molecule has 3 aromatic heterocycles. The first-order valence-corrected chi connectivity index (χ1v) is 12.6. The predicted molar refractivity (Wildman–Crippen MR) is 136 cm³/mol. The Morgan fingerprint density at radius 2 is 2.05 bits per heavy atom. The molecule has 2 N–H and O–H groups in total. The van der Waals surface area contributed by atoms with Crippen LogP contribution in [0.2, 0.25) is 0 Å². The third-order valence-corrected chi connectivity index (χ3v) is 7.75. The SMILES string of the molecule is COc1nc(N[C@H]2C[C@](C)(N3CCCC3=O)C2)nc2[nH]cc(-c3cc(F)c4nc(C)n(CC(F)F)c4c3)c12. The zero-order valence-electron chi connectivity index (χ0n) is 21.3. The van der Waals surface area contributed by atoms with Crippen molar-refractivity contribution in [3.05, 3.63) is 30.0 Å². The molecular formula is C26H28F3N7O2. The number of fused-ring (bicyclic) bond motifs is 2. The number of ether oxygens (including phenoxy) is 1. The van der Waals surface area contributed by atoms with Gasteiger partial charge in [0.05, 0.1) is 24.6 Å². The number of carbonyl (C=O) groups is 1. The molecule has 1 aliphatic carbocycles. The summed E-state index contributed by atoms with van der Waals surface area (Å²) in [6.07, 6.45) is 2.18. The molecule has 4 aromatic rings. The Morgan fingerprint density at radius 1 is 1.26 bits per heavy atom. The van der Waals surface area contributed by atoms with Gasteiger partial charge >= 0.3 is 0 Å². The van der Waals surface area contributed by atoms with Crippen molar-refractivity contribution < 1.29 is 22.7 Å². The van der Waals surface area contributed by atoms with E-state index in [0.29, 0.717) is 46.2 Å². The van der Waals surface area contributed by atoms with E-state index in [1.165, 1.54) is 17.7 Å². The second kappa shape index (κ2) is 8.88. The standard InChI is InChI=1S/C26H28F3N7O2/c1-13-31-22-17(27)7-14(8-18(22)35(13)12-19(28)29)16-11-30-23-21(16)24(38-3)34-25(33-23)32-15-9-26(2,10-15)36-6-4-5-20(36)37/h7-8,11,15,19H,4-6,9-10,12H2,1-3H3,(H2,30,32,33,34)/t15-,26-. The van der Waals surface area contributed by atoms with Crippen molar-refractivity contribution in [2.24, 2.45) is 0 Å². The van der Waals surface area contributed by atoms with Gasteiger partial charge in [0.1, 0.15) is 17.0 Å². The van der Waals surface area contributed by atoms with Crippen LogP contribution >= 0.6 is 0 Å². The number of benzene rings is 1. The molecule has 0 spiro atoms. The van der Waals surface area contributed by atoms with E-state index in [1.54, 1.807) is 19.2 Å². The van der Waals surface area contributed by atoms with Gasteiger partial charge in [-0.25, -0.2) is 18.2 Å². The average molecular weight is 528 g/mol. The molecule has 1 saturated carbocycles. The minimum atomic E-state index is -2.60. The molecule has 1 amide bonds. The number of nitrogens with one attached hydrogen (secondary N) is 2. The zero-order chi connectivity index (χ0) is 26.8. The number of nitrogens with zero attached hydrogens (tertiary/aromatic N) is 5. The fourth-order valence-corrected chi connectivity index (χ4v) is 5.99. The molecular weight excluding hydrogens is 499 g/mol. The van der Waals surface area contributed by atoms with Crippen molar-refractivity contribution in [1.29, 1.82) is 0 Å². The van der Waals surface area contributed by atoms with Crippen molar-refractivity contribution in [3.63, 3.8) is 0 Å². The number of H-pyrrole nitrogens is 1. The van der Waals surface area contributed by atoms with E-state index in [1.807, 2.05) is 4.90 Å². The van der Waals surface area contributed by atoms with Crippen LogP contribution in [0, 0.1) is 12.7 Å². The highest BCUT2D eigenvalue weighted by atomic mass is 19.3. The number of aromatic nitrogens is 5. The Kier molecular flexibility index (Phi) is 5.73. The fraction of sp³-hybridized carbons (Fsp3) is 0.462. The predicted octanol–water partition coefficient (Wildman–Crippen LogP) is 4.65. The van der Waals surface area contributed by atoms with Gasteiger partial charge in [0.25, 0.3) is 6.43 Å². The van der Waals surface area contributed by atoms with Gasteiger partial charge in [-0.2, -0.15) is 9.97 Å². The molecule has 38 heavy (non-hydrogen) atoms. The van der Waals surface area contributed by atoms with Crippen molar-refractivity contribution >= 4 is 33.9 Å². The van der Waals surface area contributed by atoms with E-state index < -0.39 is 18.8 Å². The zero-order valence-corrected chi connectivity index (χ0v) is 21.3. The summed E-state index contributed by atoms with van der Waals surface area (Å²) in [7, 11) is 1.49. The van der Waals surface area contributed by atoms with E-state index >= 15 is 4.39 Å². The first-order chi connectivity index (χ1) is 18.2. The first kappa shape index (κ1) is 24.5. The third kappa shape index (κ3) is 3.93. The number of aromatic amines is 1. The van der Waals surface area contributed by atoms with Crippen LogP contribution in [0.3, 0.4) is 0 Å². The summed E-state index contributed by atoms with van der Waals surface area (Å²) in [6, 6.07) is 3.08. The Hall–Kier alpha value is -3.83. The highest BCUT2D eigenvalue weighted by Crippen LogP contribution is 2.42. The monoisotopic (exact) mass is 527 g/mol. The van der Waals surface area contributed by atoms with E-state index in [2.05, 4.69) is 32.2 Å². The van der Waals surface area contributed by atoms with Crippen LogP contribution in [0.1, 0.15) is 38.4 Å². The van der Waals surface area contributed by atoms with Crippen molar-refractivity contribution in [1.82, 2.24) is 29.4 Å². The van der Waals surface area contributed by atoms with Crippen LogP contribution in [0.5, 0.6) is 5.88 Å². The van der Waals surface area contributed by atoms with Crippen LogP contribution < -0.4 is 10.1 Å². The average Bonchev–Trinajstić information content (AvgIpc) is 3.55. The summed E-state index contributed by atoms with van der Waals surface area (Å²) in [4.78, 5) is 30.6. The molecule has 0 atom stereocenters. The number of hydrogen-bond donors (Lipinski definition) is 2. The van der Waals surface area contributed by atoms with E-state index in [9.17, 15) is 13.6 Å². The molecule has 0 unspecified atom stereocenters. The second-order valence-corrected chi connectivity index (χ2v) is 10.4. The van der Waals surface area contributed by atoms with Crippen LogP contribution in [0.4, 0.5) is 19.1 Å². The van der Waals surface area contributed by atoms with E-state index in [0.717, 1.165) is 25.8 Å². The quantitative estimate of drug-likeness (QED) is 0.363. The lowest BCUT2D eigenvalue weighted by molar-refractivity contribution is -0.136. The molecule has 2 aliphatic rings. The smallest absolute Gasteiger partial charge is 0.256 e. The van der Waals surface area contributed by atoms with Gasteiger partial charge in [-0.1, -0.05) is 0 Å². The van der Waals surface area contributed by atoms with Crippen molar-refractivity contribution in [2.75, 3.05) is 19.0 Å². The van der Waals surface area contributed by atoms with Gasteiger partial charge in [-0.05, 0) is 50.8 Å². The number of carbonyl (C=O) groups excluding carboxylic acids is 1. The first-order valence-electron chi connectivity index (χ1n) is 12.6. The van der Waals surface area contributed by atoms with Gasteiger partial charge in [-0.3, -0.25) is 4.79 Å². The topological polar surface area (TPSA) is 101 Å². The minimum absolute atomic E-state index is 0.0459. The van der Waals surface area contributed by atoms with E-state index in [-0.39, 0.29) is 28.5 Å². The molecule has 1 saturated heterocycles. The Balaban J connectivity index is 1.31. The fourth-order valence-electron chi connectivity index (χ4n) is 5.99. The number of methoxy groups -OCH3 is 1. The molecule has 0 radical (unpaired) electrons. The lowest BCUT2D eigenvalue weighted by atomic mass is 9.73. The number of aryl methyl sites for hydroxylation is 1. The van der Waals surface area contributed by atoms with Crippen LogP contribution in [-0.4, -0.2) is 67.0 Å². The van der Waals surface area contributed by atoms with Gasteiger partial charge in [0.15, 0.2) is 5.82 Å². The summed E-state index contributed by atoms with van der Waals surface area (Å²) in [5.41, 5.74) is 1.71. The Labute approximate surface area is 216 Å². The molecule has 0 bridgehead atoms. The number of amides is 1. The number of anilines is 1. The molecule has 1 aromatic carbocycles. The highest BCUT2D eigenvalue weighted by Gasteiger charge is 2.48. The Bertz CT molecular complexity index is 1560. The summed E-state index contributed by atoms with van der Waals surface area (Å²) in [5.74, 6) is 0.600. The normalized spacial score (nSPS) is 21.6. The summed E-state index contributed by atoms with van der Waals surface area (Å²) in [5, 5.41) is 3.90. The van der Waals surface area contributed by atoms with Crippen LogP contribution in [0.25, 0.3) is 33.2 Å². The van der Waals surface area contributed by atoms with Crippen molar-refractivity contribution in [3.8, 4) is 17.0 Å². The van der Waals surface area contributed by atoms with Crippen LogP contribution in [-0.2, 0) is 11.3 Å². The lowest BCUT2D eigenvalue weighted by Gasteiger charge is -2.51. The summed E-state index contributed by atoms with van der Waals surface area (Å²) >= 11 is 0. The molecule has 12 heteroatoms.